The minimum Gasteiger partial charge on any atom is -0.481 e. The lowest BCUT2D eigenvalue weighted by molar-refractivity contribution is -0.143. The Morgan fingerprint density at radius 2 is 2.15 bits per heavy atom. The van der Waals surface area contributed by atoms with Crippen LogP contribution >= 0.6 is 0 Å². The topological polar surface area (TPSA) is 37.3 Å². The first-order valence-electron chi connectivity index (χ1n) is 5.09. The van der Waals surface area contributed by atoms with Gasteiger partial charge < -0.3 is 5.11 Å². The summed E-state index contributed by atoms with van der Waals surface area (Å²) in [6.45, 7) is 3.63. The maximum absolute atomic E-state index is 11.0. The van der Waals surface area contributed by atoms with Crippen LogP contribution in [-0.4, -0.2) is 11.1 Å². The highest BCUT2D eigenvalue weighted by Gasteiger charge is 2.29. The zero-order valence-corrected chi connectivity index (χ0v) is 8.04. The molecule has 0 amide bonds. The third-order valence-electron chi connectivity index (χ3n) is 2.97. The molecule has 0 aliphatic heterocycles. The van der Waals surface area contributed by atoms with Gasteiger partial charge >= 0.3 is 5.97 Å². The van der Waals surface area contributed by atoms with Crippen LogP contribution in [0.5, 0.6) is 0 Å². The summed E-state index contributed by atoms with van der Waals surface area (Å²) in [6, 6.07) is 0. The number of aliphatic carboxylic acids is 1. The fraction of sp³-hybridized carbons (Fsp3) is 0.727. The lowest BCUT2D eigenvalue weighted by Crippen LogP contribution is -2.21. The molecular weight excluding hydrogens is 164 g/mol. The summed E-state index contributed by atoms with van der Waals surface area (Å²) in [5.74, 6) is -0.313. The highest BCUT2D eigenvalue weighted by atomic mass is 16.4. The van der Waals surface area contributed by atoms with E-state index < -0.39 is 5.97 Å². The molecule has 1 unspecified atom stereocenters. The Morgan fingerprint density at radius 1 is 1.54 bits per heavy atom. The average molecular weight is 182 g/mol. The molecule has 1 fully saturated rings. The second-order valence-electron chi connectivity index (χ2n) is 3.86. The van der Waals surface area contributed by atoms with Crippen molar-refractivity contribution in [1.29, 1.82) is 0 Å². The summed E-state index contributed by atoms with van der Waals surface area (Å²) in [6.07, 6.45) is 8.04. The highest BCUT2D eigenvalue weighted by Crippen LogP contribution is 2.33. The van der Waals surface area contributed by atoms with Crippen molar-refractivity contribution in [3.63, 3.8) is 0 Å². The van der Waals surface area contributed by atoms with Crippen molar-refractivity contribution in [2.24, 2.45) is 11.8 Å². The van der Waals surface area contributed by atoms with Crippen LogP contribution in [0.3, 0.4) is 0 Å². The Balaban J connectivity index is 2.45. The van der Waals surface area contributed by atoms with Gasteiger partial charge in [0.15, 0.2) is 0 Å². The lowest BCUT2D eigenvalue weighted by atomic mass is 9.87. The molecule has 0 radical (unpaired) electrons. The zero-order chi connectivity index (χ0) is 9.68. The smallest absolute Gasteiger partial charge is 0.306 e. The number of rotatable bonds is 5. The largest absolute Gasteiger partial charge is 0.481 e. The standard InChI is InChI=1S/C11H18O2/c1-2-3-8-10(11(12)13)9-6-4-5-7-9/h2,9-10H,1,3-8H2,(H,12,13). The van der Waals surface area contributed by atoms with Gasteiger partial charge in [-0.15, -0.1) is 6.58 Å². The molecule has 1 saturated carbocycles. The first kappa shape index (κ1) is 10.3. The quantitative estimate of drug-likeness (QED) is 0.664. The molecule has 2 heteroatoms. The summed E-state index contributed by atoms with van der Waals surface area (Å²) in [7, 11) is 0. The summed E-state index contributed by atoms with van der Waals surface area (Å²) >= 11 is 0. The van der Waals surface area contributed by atoms with Gasteiger partial charge in [0.2, 0.25) is 0 Å². The Bertz CT molecular complexity index is 181. The first-order valence-corrected chi connectivity index (χ1v) is 5.09. The van der Waals surface area contributed by atoms with Crippen molar-refractivity contribution in [3.05, 3.63) is 12.7 Å². The van der Waals surface area contributed by atoms with Crippen LogP contribution in [0.25, 0.3) is 0 Å². The molecule has 1 N–H and O–H groups in total. The van der Waals surface area contributed by atoms with Crippen molar-refractivity contribution in [2.45, 2.75) is 38.5 Å². The van der Waals surface area contributed by atoms with E-state index in [9.17, 15) is 4.79 Å². The Labute approximate surface area is 79.6 Å². The van der Waals surface area contributed by atoms with Gasteiger partial charge in [0.05, 0.1) is 5.92 Å². The van der Waals surface area contributed by atoms with Crippen LogP contribution in [0.2, 0.25) is 0 Å². The molecule has 0 aromatic rings. The van der Waals surface area contributed by atoms with E-state index in [1.807, 2.05) is 6.08 Å². The Kier molecular flexibility index (Phi) is 4.00. The van der Waals surface area contributed by atoms with Gasteiger partial charge in [-0.25, -0.2) is 0 Å². The van der Waals surface area contributed by atoms with Gasteiger partial charge in [0.1, 0.15) is 0 Å². The second kappa shape index (κ2) is 5.05. The molecule has 74 valence electrons. The van der Waals surface area contributed by atoms with E-state index in [1.165, 1.54) is 12.8 Å². The molecule has 1 aliphatic rings. The molecular formula is C11H18O2. The fourth-order valence-electron chi connectivity index (χ4n) is 2.22. The summed E-state index contributed by atoms with van der Waals surface area (Å²) in [4.78, 5) is 11.0. The van der Waals surface area contributed by atoms with Crippen molar-refractivity contribution in [3.8, 4) is 0 Å². The van der Waals surface area contributed by atoms with E-state index in [2.05, 4.69) is 6.58 Å². The number of allylic oxidation sites excluding steroid dienone is 1. The molecule has 2 nitrogen and oxygen atoms in total. The fourth-order valence-corrected chi connectivity index (χ4v) is 2.22. The van der Waals surface area contributed by atoms with Crippen LogP contribution in [-0.2, 0) is 4.79 Å². The van der Waals surface area contributed by atoms with Gasteiger partial charge in [-0.1, -0.05) is 18.9 Å². The molecule has 1 aliphatic carbocycles. The van der Waals surface area contributed by atoms with E-state index in [0.717, 1.165) is 25.7 Å². The third kappa shape index (κ3) is 2.87. The third-order valence-corrected chi connectivity index (χ3v) is 2.97. The summed E-state index contributed by atoms with van der Waals surface area (Å²) < 4.78 is 0. The average Bonchev–Trinajstić information content (AvgIpc) is 2.57. The van der Waals surface area contributed by atoms with Gasteiger partial charge in [0.25, 0.3) is 0 Å². The minimum absolute atomic E-state index is 0.125. The van der Waals surface area contributed by atoms with Crippen LogP contribution in [0.15, 0.2) is 12.7 Å². The van der Waals surface area contributed by atoms with Gasteiger partial charge in [0, 0.05) is 0 Å². The molecule has 0 aromatic heterocycles. The first-order chi connectivity index (χ1) is 6.25. The maximum Gasteiger partial charge on any atom is 0.306 e. The highest BCUT2D eigenvalue weighted by molar-refractivity contribution is 5.70. The van der Waals surface area contributed by atoms with Gasteiger partial charge in [-0.3, -0.25) is 4.79 Å². The van der Waals surface area contributed by atoms with E-state index in [0.29, 0.717) is 5.92 Å². The SMILES string of the molecule is C=CCCC(C(=O)O)C1CCCC1. The number of hydrogen-bond donors (Lipinski definition) is 1. The molecule has 1 rings (SSSR count). The van der Waals surface area contributed by atoms with Crippen molar-refractivity contribution in [1.82, 2.24) is 0 Å². The predicted octanol–water partition coefficient (Wildman–Crippen LogP) is 2.84. The molecule has 13 heavy (non-hydrogen) atoms. The number of carboxylic acids is 1. The summed E-state index contributed by atoms with van der Waals surface area (Å²) in [5.41, 5.74) is 0. The molecule has 0 spiro atoms. The predicted molar refractivity (Wildman–Crippen MR) is 52.5 cm³/mol. The number of carbonyl (C=O) groups is 1. The molecule has 0 bridgehead atoms. The number of hydrogen-bond acceptors (Lipinski definition) is 1. The second-order valence-corrected chi connectivity index (χ2v) is 3.86. The van der Waals surface area contributed by atoms with E-state index in [-0.39, 0.29) is 5.92 Å². The summed E-state index contributed by atoms with van der Waals surface area (Å²) in [5, 5.41) is 9.03. The molecule has 0 aromatic carbocycles. The van der Waals surface area contributed by atoms with E-state index >= 15 is 0 Å². The monoisotopic (exact) mass is 182 g/mol. The minimum atomic E-state index is -0.617. The molecule has 0 saturated heterocycles. The normalized spacial score (nSPS) is 20.0. The van der Waals surface area contributed by atoms with Crippen molar-refractivity contribution < 1.29 is 9.90 Å². The lowest BCUT2D eigenvalue weighted by Gasteiger charge is -2.17. The van der Waals surface area contributed by atoms with Crippen LogP contribution < -0.4 is 0 Å². The van der Waals surface area contributed by atoms with Gasteiger partial charge in [-0.05, 0) is 31.6 Å². The Hall–Kier alpha value is -0.790. The zero-order valence-electron chi connectivity index (χ0n) is 8.04. The van der Waals surface area contributed by atoms with Crippen molar-refractivity contribution >= 4 is 5.97 Å². The number of carboxylic acid groups (broad SMARTS) is 1. The van der Waals surface area contributed by atoms with Crippen LogP contribution in [0.4, 0.5) is 0 Å². The van der Waals surface area contributed by atoms with Gasteiger partial charge in [-0.2, -0.15) is 0 Å². The molecule has 1 atom stereocenters. The van der Waals surface area contributed by atoms with E-state index in [4.69, 9.17) is 5.11 Å². The van der Waals surface area contributed by atoms with Crippen molar-refractivity contribution in [2.75, 3.05) is 0 Å². The van der Waals surface area contributed by atoms with E-state index in [1.54, 1.807) is 0 Å². The van der Waals surface area contributed by atoms with Crippen LogP contribution in [0, 0.1) is 11.8 Å². The molecule has 0 heterocycles. The maximum atomic E-state index is 11.0. The Morgan fingerprint density at radius 3 is 2.62 bits per heavy atom. The van der Waals surface area contributed by atoms with Crippen LogP contribution in [0.1, 0.15) is 38.5 Å².